The number of aromatic nitrogens is 1. The molecule has 176 valence electrons. The van der Waals surface area contributed by atoms with E-state index in [1.165, 1.54) is 21.7 Å². The van der Waals surface area contributed by atoms with Crippen molar-refractivity contribution in [2.45, 2.75) is 68.2 Å². The van der Waals surface area contributed by atoms with Crippen LogP contribution in [0.25, 0.3) is 0 Å². The van der Waals surface area contributed by atoms with Gasteiger partial charge in [-0.25, -0.2) is 13.4 Å². The first-order valence-electron chi connectivity index (χ1n) is 11.3. The number of nitrogens with one attached hydrogen (secondary N) is 1. The maximum atomic E-state index is 13.0. The minimum Gasteiger partial charge on any atom is -0.334 e. The van der Waals surface area contributed by atoms with Crippen LogP contribution >= 0.6 is 22.9 Å². The molecular weight excluding hydrogens is 478 g/mol. The number of sulfonamides is 1. The molecule has 1 aliphatic carbocycles. The van der Waals surface area contributed by atoms with Crippen molar-refractivity contribution < 1.29 is 13.2 Å². The third-order valence-corrected chi connectivity index (χ3v) is 9.98. The summed E-state index contributed by atoms with van der Waals surface area (Å²) in [5.41, 5.74) is 0.659. The Balaban J connectivity index is 1.39. The number of hydrogen-bond acceptors (Lipinski definition) is 5. The van der Waals surface area contributed by atoms with Gasteiger partial charge in [0.2, 0.25) is 10.0 Å². The maximum absolute atomic E-state index is 13.0. The standard InChI is InChI=1S/C24H28ClN3O3S2/c1-3-24(11-5-4-6-12-24)27-22(29)21-16-32-23(26-21)18-9-13-28(14-10-18)33(30,31)19-8-7-17(2)20(25)15-19/h1,7-8,15-16,18H,4-6,9-14H2,2H3,(H,27,29). The number of aryl methyl sites for hydroxylation is 1. The number of terminal acetylenes is 1. The molecule has 2 fully saturated rings. The number of rotatable bonds is 5. The Morgan fingerprint density at radius 1 is 1.27 bits per heavy atom. The van der Waals surface area contributed by atoms with E-state index in [1.54, 1.807) is 17.5 Å². The fraction of sp³-hybridized carbons (Fsp3) is 0.500. The molecule has 1 aliphatic heterocycles. The fourth-order valence-corrected chi connectivity index (χ4v) is 7.26. The minimum absolute atomic E-state index is 0.126. The number of thiazole rings is 1. The monoisotopic (exact) mass is 505 g/mol. The lowest BCUT2D eigenvalue weighted by atomic mass is 9.82. The Kier molecular flexibility index (Phi) is 7.15. The van der Waals surface area contributed by atoms with E-state index in [9.17, 15) is 13.2 Å². The predicted molar refractivity (Wildman–Crippen MR) is 131 cm³/mol. The Hall–Kier alpha value is -1.92. The molecule has 2 heterocycles. The van der Waals surface area contributed by atoms with Gasteiger partial charge in [-0.15, -0.1) is 17.8 Å². The van der Waals surface area contributed by atoms with Gasteiger partial charge in [0.15, 0.2) is 0 Å². The van der Waals surface area contributed by atoms with Crippen LogP contribution in [0.1, 0.15) is 71.9 Å². The highest BCUT2D eigenvalue weighted by Gasteiger charge is 2.34. The lowest BCUT2D eigenvalue weighted by Crippen LogP contribution is -2.48. The predicted octanol–water partition coefficient (Wildman–Crippen LogP) is 4.74. The van der Waals surface area contributed by atoms with Crippen LogP contribution in [0.3, 0.4) is 0 Å². The van der Waals surface area contributed by atoms with E-state index in [1.807, 2.05) is 6.92 Å². The number of carbonyl (C=O) groups excluding carboxylic acids is 1. The minimum atomic E-state index is -3.59. The van der Waals surface area contributed by atoms with E-state index in [-0.39, 0.29) is 16.7 Å². The van der Waals surface area contributed by atoms with E-state index in [4.69, 9.17) is 18.0 Å². The average Bonchev–Trinajstić information content (AvgIpc) is 3.32. The molecule has 1 aromatic heterocycles. The molecule has 6 nitrogen and oxygen atoms in total. The van der Waals surface area contributed by atoms with Crippen molar-refractivity contribution in [1.29, 1.82) is 0 Å². The van der Waals surface area contributed by atoms with Crippen molar-refractivity contribution in [3.05, 3.63) is 44.9 Å². The summed E-state index contributed by atoms with van der Waals surface area (Å²) in [4.78, 5) is 17.6. The van der Waals surface area contributed by atoms with Crippen LogP contribution < -0.4 is 5.32 Å². The van der Waals surface area contributed by atoms with Gasteiger partial charge in [-0.2, -0.15) is 4.31 Å². The smallest absolute Gasteiger partial charge is 0.271 e. The summed E-state index contributed by atoms with van der Waals surface area (Å²) >= 11 is 7.59. The molecule has 4 rings (SSSR count). The topological polar surface area (TPSA) is 79.4 Å². The molecule has 0 unspecified atom stereocenters. The van der Waals surface area contributed by atoms with E-state index in [0.717, 1.165) is 42.7 Å². The van der Waals surface area contributed by atoms with E-state index < -0.39 is 15.6 Å². The first-order valence-corrected chi connectivity index (χ1v) is 14.0. The summed E-state index contributed by atoms with van der Waals surface area (Å²) in [6.07, 6.45) is 11.8. The summed E-state index contributed by atoms with van der Waals surface area (Å²) < 4.78 is 27.5. The highest BCUT2D eigenvalue weighted by Crippen LogP contribution is 2.34. The number of halogens is 1. The normalized spacial score (nSPS) is 19.7. The van der Waals surface area contributed by atoms with Crippen LogP contribution in [-0.2, 0) is 10.0 Å². The highest BCUT2D eigenvalue weighted by molar-refractivity contribution is 7.89. The third kappa shape index (κ3) is 5.12. The van der Waals surface area contributed by atoms with Crippen LogP contribution in [0.2, 0.25) is 5.02 Å². The van der Waals surface area contributed by atoms with Gasteiger partial charge < -0.3 is 5.32 Å². The lowest BCUT2D eigenvalue weighted by molar-refractivity contribution is 0.0899. The zero-order valence-corrected chi connectivity index (χ0v) is 21.0. The largest absolute Gasteiger partial charge is 0.334 e. The number of carbonyl (C=O) groups is 1. The van der Waals surface area contributed by atoms with Crippen LogP contribution in [0, 0.1) is 19.3 Å². The molecule has 1 saturated carbocycles. The van der Waals surface area contributed by atoms with Crippen molar-refractivity contribution >= 4 is 38.9 Å². The van der Waals surface area contributed by atoms with Gasteiger partial charge in [-0.1, -0.05) is 42.9 Å². The molecule has 0 spiro atoms. The number of nitrogens with zero attached hydrogens (tertiary/aromatic N) is 2. The molecular formula is C24H28ClN3O3S2. The van der Waals surface area contributed by atoms with Crippen molar-refractivity contribution in [3.8, 4) is 12.3 Å². The van der Waals surface area contributed by atoms with Crippen molar-refractivity contribution in [2.75, 3.05) is 13.1 Å². The number of hydrogen-bond donors (Lipinski definition) is 1. The first kappa shape index (κ1) is 24.2. The van der Waals surface area contributed by atoms with Gasteiger partial charge in [0.05, 0.1) is 9.90 Å². The first-order chi connectivity index (χ1) is 15.7. The summed E-state index contributed by atoms with van der Waals surface area (Å²) in [6, 6.07) is 4.84. The van der Waals surface area contributed by atoms with Crippen molar-refractivity contribution in [1.82, 2.24) is 14.6 Å². The lowest BCUT2D eigenvalue weighted by Gasteiger charge is -2.33. The van der Waals surface area contributed by atoms with E-state index >= 15 is 0 Å². The SMILES string of the molecule is C#CC1(NC(=O)c2csc(C3CCN(S(=O)(=O)c4ccc(C)c(Cl)c4)CC3)n2)CCCCC1. The van der Waals surface area contributed by atoms with Crippen LogP contribution in [0.15, 0.2) is 28.5 Å². The highest BCUT2D eigenvalue weighted by atomic mass is 35.5. The second kappa shape index (κ2) is 9.75. The maximum Gasteiger partial charge on any atom is 0.271 e. The molecule has 0 atom stereocenters. The molecule has 1 amide bonds. The Bertz CT molecular complexity index is 1170. The van der Waals surface area contributed by atoms with Crippen LogP contribution in [-0.4, -0.2) is 42.2 Å². The number of benzene rings is 1. The van der Waals surface area contributed by atoms with Crippen molar-refractivity contribution in [2.24, 2.45) is 0 Å². The quantitative estimate of drug-likeness (QED) is 0.595. The molecule has 1 N–H and O–H groups in total. The van der Waals surface area contributed by atoms with Crippen molar-refractivity contribution in [3.63, 3.8) is 0 Å². The average molecular weight is 506 g/mol. The van der Waals surface area contributed by atoms with Gasteiger partial charge in [0, 0.05) is 29.4 Å². The molecule has 2 aliphatic rings. The van der Waals surface area contributed by atoms with Gasteiger partial charge in [-0.05, 0) is 50.3 Å². The van der Waals surface area contributed by atoms with E-state index in [0.29, 0.717) is 36.6 Å². The molecule has 0 radical (unpaired) electrons. The Labute approximate surface area is 204 Å². The number of amides is 1. The second-order valence-corrected chi connectivity index (χ2v) is 12.1. The molecule has 2 aromatic rings. The summed E-state index contributed by atoms with van der Waals surface area (Å²) in [7, 11) is -3.59. The summed E-state index contributed by atoms with van der Waals surface area (Å²) in [6.45, 7) is 2.65. The van der Waals surface area contributed by atoms with Gasteiger partial charge in [-0.3, -0.25) is 4.79 Å². The van der Waals surface area contributed by atoms with E-state index in [2.05, 4.69) is 16.2 Å². The van der Waals surface area contributed by atoms with Gasteiger partial charge in [0.25, 0.3) is 5.91 Å². The molecule has 1 saturated heterocycles. The van der Waals surface area contributed by atoms with Crippen LogP contribution in [0.5, 0.6) is 0 Å². The zero-order chi connectivity index (χ0) is 23.6. The molecule has 1 aromatic carbocycles. The Morgan fingerprint density at radius 2 is 1.97 bits per heavy atom. The van der Waals surface area contributed by atoms with Gasteiger partial charge >= 0.3 is 0 Å². The molecule has 33 heavy (non-hydrogen) atoms. The molecule has 9 heteroatoms. The third-order valence-electron chi connectivity index (χ3n) is 6.68. The van der Waals surface area contributed by atoms with Gasteiger partial charge in [0.1, 0.15) is 11.2 Å². The Morgan fingerprint density at radius 3 is 2.61 bits per heavy atom. The zero-order valence-electron chi connectivity index (χ0n) is 18.6. The summed E-state index contributed by atoms with van der Waals surface area (Å²) in [5.74, 6) is 2.70. The number of piperidine rings is 1. The fourth-order valence-electron chi connectivity index (χ4n) is 4.55. The summed E-state index contributed by atoms with van der Waals surface area (Å²) in [5, 5.41) is 6.13. The second-order valence-electron chi connectivity index (χ2n) is 8.90. The molecule has 0 bridgehead atoms. The van der Waals surface area contributed by atoms with Crippen LogP contribution in [0.4, 0.5) is 0 Å².